The maximum absolute atomic E-state index is 12.7. The zero-order chi connectivity index (χ0) is 15.4. The molecule has 0 fully saturated rings. The van der Waals surface area contributed by atoms with E-state index in [-0.39, 0.29) is 0 Å². The standard InChI is InChI=1S/C18H16O2P2/c19-21(15-8-3-1-4-9-15)17-12-7-13-18(14-17)22(20)16-10-5-2-6-11-16/h1-14,21-22H. The Kier molecular flexibility index (Phi) is 4.73. The van der Waals surface area contributed by atoms with Crippen molar-refractivity contribution in [2.24, 2.45) is 0 Å². The molecule has 0 amide bonds. The highest BCUT2D eigenvalue weighted by Gasteiger charge is 2.11. The van der Waals surface area contributed by atoms with Crippen LogP contribution in [0.2, 0.25) is 0 Å². The van der Waals surface area contributed by atoms with E-state index in [0.717, 1.165) is 21.2 Å². The van der Waals surface area contributed by atoms with Crippen molar-refractivity contribution in [1.29, 1.82) is 0 Å². The van der Waals surface area contributed by atoms with E-state index < -0.39 is 15.6 Å². The fraction of sp³-hybridized carbons (Fsp3) is 0. The molecular formula is C18H16O2P2. The number of benzene rings is 3. The van der Waals surface area contributed by atoms with Crippen LogP contribution < -0.4 is 21.2 Å². The lowest BCUT2D eigenvalue weighted by Crippen LogP contribution is -2.13. The van der Waals surface area contributed by atoms with Gasteiger partial charge in [-0.1, -0.05) is 78.9 Å². The molecule has 0 saturated heterocycles. The first-order valence-corrected chi connectivity index (χ1v) is 9.87. The molecule has 0 saturated carbocycles. The largest absolute Gasteiger partial charge is 0.317 e. The van der Waals surface area contributed by atoms with Crippen molar-refractivity contribution in [1.82, 2.24) is 0 Å². The van der Waals surface area contributed by atoms with E-state index in [1.807, 2.05) is 84.9 Å². The Morgan fingerprint density at radius 3 is 1.23 bits per heavy atom. The van der Waals surface area contributed by atoms with Crippen LogP contribution in [0.1, 0.15) is 0 Å². The molecule has 3 rings (SSSR count). The summed E-state index contributed by atoms with van der Waals surface area (Å²) in [7, 11) is -4.11. The third kappa shape index (κ3) is 3.30. The van der Waals surface area contributed by atoms with Gasteiger partial charge in [-0.15, -0.1) is 0 Å². The van der Waals surface area contributed by atoms with Crippen LogP contribution in [0, 0.1) is 0 Å². The summed E-state index contributed by atoms with van der Waals surface area (Å²) in [6, 6.07) is 26.2. The average Bonchev–Trinajstić information content (AvgIpc) is 2.62. The van der Waals surface area contributed by atoms with Crippen molar-refractivity contribution in [3.05, 3.63) is 84.9 Å². The highest BCUT2D eigenvalue weighted by molar-refractivity contribution is 7.63. The predicted molar refractivity (Wildman–Crippen MR) is 95.9 cm³/mol. The van der Waals surface area contributed by atoms with Gasteiger partial charge in [0.1, 0.15) is 15.6 Å². The van der Waals surface area contributed by atoms with Crippen molar-refractivity contribution in [3.63, 3.8) is 0 Å². The molecule has 2 unspecified atom stereocenters. The van der Waals surface area contributed by atoms with E-state index in [0.29, 0.717) is 0 Å². The Bertz CT molecular complexity index is 748. The molecule has 0 aromatic heterocycles. The second-order valence-electron chi connectivity index (χ2n) is 4.97. The Balaban J connectivity index is 1.94. The molecule has 0 aliphatic heterocycles. The van der Waals surface area contributed by atoms with Crippen LogP contribution in [0.5, 0.6) is 0 Å². The second-order valence-corrected chi connectivity index (χ2v) is 8.60. The summed E-state index contributed by atoms with van der Waals surface area (Å²) in [6.45, 7) is 0. The molecule has 2 atom stereocenters. The van der Waals surface area contributed by atoms with Crippen molar-refractivity contribution < 1.29 is 9.13 Å². The van der Waals surface area contributed by atoms with Gasteiger partial charge in [0, 0.05) is 21.2 Å². The second kappa shape index (κ2) is 6.92. The highest BCUT2D eigenvalue weighted by Crippen LogP contribution is 2.22. The summed E-state index contributed by atoms with van der Waals surface area (Å²) < 4.78 is 25.3. The normalized spacial score (nSPS) is 13.5. The maximum Gasteiger partial charge on any atom is 0.131 e. The van der Waals surface area contributed by atoms with Crippen molar-refractivity contribution >= 4 is 36.8 Å². The molecule has 22 heavy (non-hydrogen) atoms. The van der Waals surface area contributed by atoms with Gasteiger partial charge in [0.2, 0.25) is 0 Å². The molecule has 0 radical (unpaired) electrons. The zero-order valence-corrected chi connectivity index (χ0v) is 13.9. The Hall–Kier alpha value is -1.88. The molecule has 0 aliphatic rings. The lowest BCUT2D eigenvalue weighted by molar-refractivity contribution is 0.597. The Morgan fingerprint density at radius 2 is 0.818 bits per heavy atom. The molecule has 3 aromatic rings. The number of rotatable bonds is 4. The molecule has 0 spiro atoms. The minimum Gasteiger partial charge on any atom is -0.317 e. The van der Waals surface area contributed by atoms with Crippen molar-refractivity contribution in [2.45, 2.75) is 0 Å². The van der Waals surface area contributed by atoms with Crippen molar-refractivity contribution in [3.8, 4) is 0 Å². The first-order valence-electron chi connectivity index (χ1n) is 7.05. The monoisotopic (exact) mass is 326 g/mol. The van der Waals surface area contributed by atoms with Gasteiger partial charge in [-0.3, -0.25) is 0 Å². The van der Waals surface area contributed by atoms with Crippen molar-refractivity contribution in [2.75, 3.05) is 0 Å². The van der Waals surface area contributed by atoms with E-state index in [1.54, 1.807) is 0 Å². The van der Waals surface area contributed by atoms with Crippen LogP contribution in [-0.4, -0.2) is 0 Å². The quantitative estimate of drug-likeness (QED) is 0.691. The van der Waals surface area contributed by atoms with Crippen LogP contribution in [0.4, 0.5) is 0 Å². The highest BCUT2D eigenvalue weighted by atomic mass is 31.1. The summed E-state index contributed by atoms with van der Waals surface area (Å²) >= 11 is 0. The minimum atomic E-state index is -2.05. The van der Waals surface area contributed by atoms with E-state index >= 15 is 0 Å². The van der Waals surface area contributed by atoms with Crippen LogP contribution in [0.15, 0.2) is 84.9 Å². The SMILES string of the molecule is O=[PH](c1ccccc1)c1cccc([PH](=O)c2ccccc2)c1. The van der Waals surface area contributed by atoms with Crippen LogP contribution in [-0.2, 0) is 9.13 Å². The van der Waals surface area contributed by atoms with E-state index in [2.05, 4.69) is 0 Å². The number of hydrogen-bond acceptors (Lipinski definition) is 2. The van der Waals surface area contributed by atoms with Gasteiger partial charge in [-0.05, 0) is 6.07 Å². The third-order valence-corrected chi connectivity index (χ3v) is 6.85. The summed E-state index contributed by atoms with van der Waals surface area (Å²) in [6.07, 6.45) is 0. The van der Waals surface area contributed by atoms with Gasteiger partial charge in [0.25, 0.3) is 0 Å². The molecule has 0 aliphatic carbocycles. The molecule has 3 aromatic carbocycles. The van der Waals surface area contributed by atoms with Gasteiger partial charge in [-0.25, -0.2) is 0 Å². The fourth-order valence-electron chi connectivity index (χ4n) is 2.31. The van der Waals surface area contributed by atoms with Gasteiger partial charge in [0.15, 0.2) is 0 Å². The predicted octanol–water partition coefficient (Wildman–Crippen LogP) is 2.71. The van der Waals surface area contributed by atoms with Gasteiger partial charge >= 0.3 is 0 Å². The summed E-state index contributed by atoms with van der Waals surface area (Å²) in [5.74, 6) is 0. The van der Waals surface area contributed by atoms with Gasteiger partial charge in [-0.2, -0.15) is 0 Å². The minimum absolute atomic E-state index is 0.753. The lowest BCUT2D eigenvalue weighted by atomic mass is 10.4. The van der Waals surface area contributed by atoms with E-state index in [9.17, 15) is 9.13 Å². The molecule has 0 N–H and O–H groups in total. The molecule has 2 nitrogen and oxygen atoms in total. The average molecular weight is 326 g/mol. The fourth-order valence-corrected chi connectivity index (χ4v) is 5.18. The first-order chi connectivity index (χ1) is 10.8. The Morgan fingerprint density at radius 1 is 0.455 bits per heavy atom. The van der Waals surface area contributed by atoms with Gasteiger partial charge in [0.05, 0.1) is 0 Å². The summed E-state index contributed by atoms with van der Waals surface area (Å²) in [4.78, 5) is 0. The molecule has 4 heteroatoms. The Labute approximate surface area is 131 Å². The topological polar surface area (TPSA) is 34.1 Å². The molecular weight excluding hydrogens is 310 g/mol. The van der Waals surface area contributed by atoms with Gasteiger partial charge < -0.3 is 9.13 Å². The maximum atomic E-state index is 12.7. The van der Waals surface area contributed by atoms with Crippen LogP contribution in [0.3, 0.4) is 0 Å². The third-order valence-electron chi connectivity index (χ3n) is 3.46. The van der Waals surface area contributed by atoms with E-state index in [1.165, 1.54) is 0 Å². The van der Waals surface area contributed by atoms with Crippen LogP contribution in [0.25, 0.3) is 0 Å². The van der Waals surface area contributed by atoms with Crippen LogP contribution >= 0.6 is 15.6 Å². The summed E-state index contributed by atoms with van der Waals surface area (Å²) in [5.41, 5.74) is 0. The number of hydrogen-bond donors (Lipinski definition) is 0. The molecule has 0 heterocycles. The van der Waals surface area contributed by atoms with E-state index in [4.69, 9.17) is 0 Å². The molecule has 110 valence electrons. The smallest absolute Gasteiger partial charge is 0.131 e. The summed E-state index contributed by atoms with van der Waals surface area (Å²) in [5, 5.41) is 3.15. The lowest BCUT2D eigenvalue weighted by Gasteiger charge is -2.06. The zero-order valence-electron chi connectivity index (χ0n) is 11.9. The first kappa shape index (κ1) is 15.0. The molecule has 0 bridgehead atoms.